The molecule has 1 amide bonds. The number of nitrogens with zero attached hydrogens (tertiary/aromatic N) is 3. The number of carbonyl (C=O) groups excluding carboxylic acids is 1. The molecule has 2 aromatic carbocycles. The number of oxazole rings is 1. The third kappa shape index (κ3) is 4.09. The maximum absolute atomic E-state index is 14.3. The van der Waals surface area contributed by atoms with Gasteiger partial charge in [-0.2, -0.15) is 5.10 Å². The molecule has 4 heterocycles. The van der Waals surface area contributed by atoms with E-state index < -0.39 is 36.0 Å². The van der Waals surface area contributed by atoms with Crippen LogP contribution in [-0.2, 0) is 0 Å². The number of nitrogens with one attached hydrogen (secondary N) is 2. The molecule has 2 N–H and O–H groups in total. The normalized spacial score (nSPS) is 15.3. The molecule has 0 aliphatic carbocycles. The van der Waals surface area contributed by atoms with Gasteiger partial charge in [0.15, 0.2) is 5.58 Å². The molecule has 1 unspecified atom stereocenters. The highest BCUT2D eigenvalue weighted by Crippen LogP contribution is 2.44. The van der Waals surface area contributed by atoms with E-state index >= 15 is 0 Å². The molecule has 5 aromatic rings. The highest BCUT2D eigenvalue weighted by molar-refractivity contribution is 6.01. The molecule has 1 atom stereocenters. The van der Waals surface area contributed by atoms with Gasteiger partial charge in [-0.3, -0.25) is 19.9 Å². The van der Waals surface area contributed by atoms with Crippen LogP contribution in [0.25, 0.3) is 22.4 Å². The molecule has 0 spiro atoms. The van der Waals surface area contributed by atoms with Crippen LogP contribution in [0.4, 0.5) is 13.2 Å². The Labute approximate surface area is 211 Å². The molecule has 0 fully saturated rings. The first kappa shape index (κ1) is 23.5. The summed E-state index contributed by atoms with van der Waals surface area (Å²) in [6.45, 7) is -0.160. The highest BCUT2D eigenvalue weighted by atomic mass is 19.3. The van der Waals surface area contributed by atoms with Crippen molar-refractivity contribution in [2.24, 2.45) is 0 Å². The lowest BCUT2D eigenvalue weighted by atomic mass is 9.98. The Bertz CT molecular complexity index is 1740. The van der Waals surface area contributed by atoms with E-state index in [1.807, 2.05) is 0 Å². The number of rotatable bonds is 6. The minimum Gasteiger partial charge on any atom is -0.457 e. The van der Waals surface area contributed by atoms with Gasteiger partial charge in [-0.15, -0.1) is 0 Å². The van der Waals surface area contributed by atoms with Gasteiger partial charge in [-0.25, -0.2) is 18.0 Å². The van der Waals surface area contributed by atoms with E-state index in [4.69, 9.17) is 9.15 Å². The Morgan fingerprint density at radius 1 is 1.11 bits per heavy atom. The van der Waals surface area contributed by atoms with E-state index in [-0.39, 0.29) is 22.7 Å². The summed E-state index contributed by atoms with van der Waals surface area (Å²) in [7, 11) is 0. The molecule has 38 heavy (non-hydrogen) atoms. The summed E-state index contributed by atoms with van der Waals surface area (Å²) in [5, 5.41) is 6.96. The second-order valence-corrected chi connectivity index (χ2v) is 8.94. The Hall–Kier alpha value is -4.87. The fourth-order valence-electron chi connectivity index (χ4n) is 4.61. The Kier molecular flexibility index (Phi) is 5.33. The van der Waals surface area contributed by atoms with Crippen LogP contribution < -0.4 is 10.5 Å². The van der Waals surface area contributed by atoms with E-state index in [0.29, 0.717) is 28.1 Å². The number of hydrogen-bond donors (Lipinski definition) is 2. The first-order chi connectivity index (χ1) is 18.2. The van der Waals surface area contributed by atoms with Gasteiger partial charge in [0.25, 0.3) is 11.8 Å². The molecular weight excluding hydrogens is 503 g/mol. The number of pyridine rings is 1. The SMILES string of the molecule is CC(F)(F)CN1C(=O)c2[nH]nc(-c3cccc4[nH]c(=O)oc34)c2C1c1cc(Oc2ccc(F)cc2)ccn1. The molecule has 6 rings (SSSR count). The zero-order chi connectivity index (χ0) is 26.6. The molecule has 12 heteroatoms. The number of ether oxygens (including phenoxy) is 1. The molecule has 0 saturated heterocycles. The van der Waals surface area contributed by atoms with Crippen molar-refractivity contribution in [3.05, 3.63) is 94.1 Å². The number of aromatic nitrogens is 4. The minimum absolute atomic E-state index is 0.0239. The Morgan fingerprint density at radius 3 is 2.66 bits per heavy atom. The predicted molar refractivity (Wildman–Crippen MR) is 129 cm³/mol. The van der Waals surface area contributed by atoms with Crippen LogP contribution in [0.2, 0.25) is 0 Å². The molecule has 0 bridgehead atoms. The number of hydrogen-bond acceptors (Lipinski definition) is 6. The maximum Gasteiger partial charge on any atom is 0.417 e. The van der Waals surface area contributed by atoms with E-state index in [1.54, 1.807) is 24.3 Å². The number of H-pyrrole nitrogens is 2. The quantitative estimate of drug-likeness (QED) is 0.323. The lowest BCUT2D eigenvalue weighted by Gasteiger charge is -2.28. The van der Waals surface area contributed by atoms with E-state index in [2.05, 4.69) is 20.2 Å². The van der Waals surface area contributed by atoms with Gasteiger partial charge in [0.2, 0.25) is 0 Å². The summed E-state index contributed by atoms with van der Waals surface area (Å²) in [6, 6.07) is 12.3. The van der Waals surface area contributed by atoms with Crippen LogP contribution >= 0.6 is 0 Å². The minimum atomic E-state index is -3.21. The van der Waals surface area contributed by atoms with Crippen molar-refractivity contribution in [1.29, 1.82) is 0 Å². The number of benzene rings is 2. The van der Waals surface area contributed by atoms with Crippen molar-refractivity contribution in [3.63, 3.8) is 0 Å². The van der Waals surface area contributed by atoms with Gasteiger partial charge in [0, 0.05) is 30.3 Å². The van der Waals surface area contributed by atoms with E-state index in [0.717, 1.165) is 11.8 Å². The number of alkyl halides is 2. The lowest BCUT2D eigenvalue weighted by molar-refractivity contribution is -0.0150. The van der Waals surface area contributed by atoms with Crippen molar-refractivity contribution in [2.45, 2.75) is 18.9 Å². The monoisotopic (exact) mass is 521 g/mol. The van der Waals surface area contributed by atoms with Gasteiger partial charge < -0.3 is 14.1 Å². The van der Waals surface area contributed by atoms with E-state index in [1.165, 1.54) is 36.5 Å². The molecule has 3 aromatic heterocycles. The molecule has 9 nitrogen and oxygen atoms in total. The predicted octanol–water partition coefficient (Wildman–Crippen LogP) is 5.04. The van der Waals surface area contributed by atoms with Crippen LogP contribution in [0, 0.1) is 5.82 Å². The molecular formula is C26H18F3N5O4. The van der Waals surface area contributed by atoms with Crippen molar-refractivity contribution in [3.8, 4) is 22.8 Å². The lowest BCUT2D eigenvalue weighted by Crippen LogP contribution is -2.38. The van der Waals surface area contributed by atoms with Crippen molar-refractivity contribution < 1.29 is 27.1 Å². The number of carbonyl (C=O) groups is 1. The first-order valence-corrected chi connectivity index (χ1v) is 11.5. The van der Waals surface area contributed by atoms with Gasteiger partial charge in [-0.05, 0) is 42.5 Å². The smallest absolute Gasteiger partial charge is 0.417 e. The van der Waals surface area contributed by atoms with Crippen molar-refractivity contribution in [1.82, 2.24) is 25.1 Å². The third-order valence-electron chi connectivity index (χ3n) is 6.10. The molecule has 1 aliphatic rings. The summed E-state index contributed by atoms with van der Waals surface area (Å²) in [5.74, 6) is -4.34. The number of para-hydroxylation sites is 1. The Balaban J connectivity index is 1.49. The molecule has 192 valence electrons. The van der Waals surface area contributed by atoms with Crippen LogP contribution in [0.3, 0.4) is 0 Å². The third-order valence-corrected chi connectivity index (χ3v) is 6.10. The van der Waals surface area contributed by atoms with Crippen LogP contribution in [0.15, 0.2) is 70.0 Å². The average molecular weight is 521 g/mol. The van der Waals surface area contributed by atoms with Crippen LogP contribution in [-0.4, -0.2) is 43.4 Å². The number of fused-ring (bicyclic) bond motifs is 2. The van der Waals surface area contributed by atoms with Gasteiger partial charge in [0.1, 0.15) is 34.7 Å². The fraction of sp³-hybridized carbons (Fsp3) is 0.154. The zero-order valence-electron chi connectivity index (χ0n) is 19.7. The summed E-state index contributed by atoms with van der Waals surface area (Å²) in [6.07, 6.45) is 1.42. The molecule has 1 aliphatic heterocycles. The van der Waals surface area contributed by atoms with Crippen molar-refractivity contribution >= 4 is 17.0 Å². The van der Waals surface area contributed by atoms with Crippen LogP contribution in [0.1, 0.15) is 34.7 Å². The van der Waals surface area contributed by atoms with E-state index in [9.17, 15) is 22.8 Å². The summed E-state index contributed by atoms with van der Waals surface area (Å²) in [4.78, 5) is 33.1. The topological polar surface area (TPSA) is 117 Å². The summed E-state index contributed by atoms with van der Waals surface area (Å²) < 4.78 is 52.9. The summed E-state index contributed by atoms with van der Waals surface area (Å²) >= 11 is 0. The number of aromatic amines is 2. The van der Waals surface area contributed by atoms with Gasteiger partial charge in [-0.1, -0.05) is 6.07 Å². The Morgan fingerprint density at radius 2 is 1.89 bits per heavy atom. The average Bonchev–Trinajstić information content (AvgIpc) is 3.53. The van der Waals surface area contributed by atoms with Gasteiger partial charge in [0.05, 0.1) is 17.8 Å². The van der Waals surface area contributed by atoms with Gasteiger partial charge >= 0.3 is 5.76 Å². The molecule has 0 radical (unpaired) electrons. The maximum atomic E-state index is 14.3. The second-order valence-electron chi connectivity index (χ2n) is 8.94. The molecule has 0 saturated carbocycles. The number of amides is 1. The first-order valence-electron chi connectivity index (χ1n) is 11.5. The zero-order valence-corrected chi connectivity index (χ0v) is 19.7. The van der Waals surface area contributed by atoms with Crippen LogP contribution in [0.5, 0.6) is 11.5 Å². The highest BCUT2D eigenvalue weighted by Gasteiger charge is 2.46. The fourth-order valence-corrected chi connectivity index (χ4v) is 4.61. The summed E-state index contributed by atoms with van der Waals surface area (Å²) in [5.41, 5.74) is 1.83. The number of halogens is 3. The standard InChI is InChI=1S/C26H18F3N5O4/c1-26(28,29)12-34-22(18-11-15(9-10-30-18)37-14-7-5-13(27)6-8-14)19-20(32-33-21(19)24(34)35)16-3-2-4-17-23(16)38-25(36)31-17/h2-11,22H,12H2,1H3,(H,31,36)(H,32,33). The largest absolute Gasteiger partial charge is 0.457 e. The van der Waals surface area contributed by atoms with Crippen molar-refractivity contribution in [2.75, 3.05) is 6.54 Å². The second kappa shape index (κ2) is 8.61.